The normalized spacial score (nSPS) is 12.3. The maximum Gasteiger partial charge on any atom is 0.406 e. The molecule has 0 aliphatic carbocycles. The fourth-order valence-electron chi connectivity index (χ4n) is 3.06. The summed E-state index contributed by atoms with van der Waals surface area (Å²) in [7, 11) is 0. The van der Waals surface area contributed by atoms with Gasteiger partial charge in [0, 0.05) is 11.7 Å². The molecule has 3 heterocycles. The lowest BCUT2D eigenvalue weighted by Crippen LogP contribution is -2.38. The first-order valence-electron chi connectivity index (χ1n) is 9.33. The molecule has 0 bridgehead atoms. The predicted octanol–water partition coefficient (Wildman–Crippen LogP) is 4.93. The molecule has 9 heteroatoms. The molecule has 0 aliphatic rings. The summed E-state index contributed by atoms with van der Waals surface area (Å²) in [5.74, 6) is -0.478. The van der Waals surface area contributed by atoms with Gasteiger partial charge in [0.1, 0.15) is 12.3 Å². The molecule has 156 valence electrons. The number of fused-ring (bicyclic) bond motifs is 1. The van der Waals surface area contributed by atoms with E-state index in [1.165, 1.54) is 18.5 Å². The van der Waals surface area contributed by atoms with E-state index in [0.29, 0.717) is 16.7 Å². The largest absolute Gasteiger partial charge is 0.467 e. The van der Waals surface area contributed by atoms with Crippen LogP contribution in [0, 0.1) is 0 Å². The first-order chi connectivity index (χ1) is 13.6. The molecule has 0 saturated carbocycles. The average Bonchev–Trinajstić information content (AvgIpc) is 3.27. The molecule has 1 amide bonds. The number of alkyl halides is 3. The Morgan fingerprint density at radius 2 is 2.00 bits per heavy atom. The zero-order valence-corrected chi connectivity index (χ0v) is 16.7. The van der Waals surface area contributed by atoms with Crippen molar-refractivity contribution in [1.29, 1.82) is 0 Å². The van der Waals surface area contributed by atoms with E-state index in [-0.39, 0.29) is 29.8 Å². The maximum atomic E-state index is 13.2. The predicted molar refractivity (Wildman–Crippen MR) is 102 cm³/mol. The molecule has 0 aromatic carbocycles. The van der Waals surface area contributed by atoms with Crippen LogP contribution >= 0.6 is 0 Å². The van der Waals surface area contributed by atoms with Gasteiger partial charge in [-0.25, -0.2) is 9.67 Å². The molecule has 3 aromatic heterocycles. The summed E-state index contributed by atoms with van der Waals surface area (Å²) in [4.78, 5) is 18.6. The Hall–Kier alpha value is -2.84. The number of carbonyl (C=O) groups is 1. The van der Waals surface area contributed by atoms with Gasteiger partial charge >= 0.3 is 6.18 Å². The molecule has 3 rings (SSSR count). The number of hydrogen-bond acceptors (Lipinski definition) is 4. The first kappa shape index (κ1) is 20.9. The van der Waals surface area contributed by atoms with Crippen LogP contribution < -0.4 is 0 Å². The lowest BCUT2D eigenvalue weighted by Gasteiger charge is -2.24. The minimum atomic E-state index is -4.54. The van der Waals surface area contributed by atoms with Gasteiger partial charge in [0.05, 0.1) is 30.0 Å². The van der Waals surface area contributed by atoms with Crippen molar-refractivity contribution in [2.45, 2.75) is 52.4 Å². The van der Waals surface area contributed by atoms with E-state index in [2.05, 4.69) is 10.1 Å². The number of halogens is 3. The fraction of sp³-hybridized carbons (Fsp3) is 0.450. The Kier molecular flexibility index (Phi) is 5.68. The van der Waals surface area contributed by atoms with Crippen LogP contribution in [0.5, 0.6) is 0 Å². The summed E-state index contributed by atoms with van der Waals surface area (Å²) >= 11 is 0. The van der Waals surface area contributed by atoms with Crippen molar-refractivity contribution < 1.29 is 22.4 Å². The van der Waals surface area contributed by atoms with Crippen molar-refractivity contribution in [2.75, 3.05) is 6.54 Å². The molecule has 0 radical (unpaired) electrons. The fourth-order valence-corrected chi connectivity index (χ4v) is 3.06. The molecule has 6 nitrogen and oxygen atoms in total. The molecule has 0 N–H and O–H groups in total. The zero-order chi connectivity index (χ0) is 21.3. The Labute approximate surface area is 166 Å². The Morgan fingerprint density at radius 3 is 2.55 bits per heavy atom. The van der Waals surface area contributed by atoms with Crippen LogP contribution in [-0.4, -0.2) is 38.3 Å². The van der Waals surface area contributed by atoms with Crippen LogP contribution in [0.25, 0.3) is 11.0 Å². The standard InChI is InChI=1S/C20H23F3N4O2/c1-12(2)17-8-15(16-9-24-27(13(3)4)18(16)25-17)19(28)26(11-20(21,22)23)10-14-6-5-7-29-14/h5-9,12-13H,10-11H2,1-4H3. The summed E-state index contributed by atoms with van der Waals surface area (Å²) in [6.07, 6.45) is -1.70. The highest BCUT2D eigenvalue weighted by Crippen LogP contribution is 2.27. The number of amides is 1. The third-order valence-electron chi connectivity index (χ3n) is 4.48. The van der Waals surface area contributed by atoms with Gasteiger partial charge in [-0.05, 0) is 38.0 Å². The third kappa shape index (κ3) is 4.60. The van der Waals surface area contributed by atoms with Crippen molar-refractivity contribution in [1.82, 2.24) is 19.7 Å². The van der Waals surface area contributed by atoms with Gasteiger partial charge in [0.2, 0.25) is 0 Å². The van der Waals surface area contributed by atoms with Gasteiger partial charge in [-0.15, -0.1) is 0 Å². The summed E-state index contributed by atoms with van der Waals surface area (Å²) in [5.41, 5.74) is 1.26. The minimum Gasteiger partial charge on any atom is -0.467 e. The number of hydrogen-bond donors (Lipinski definition) is 0. The van der Waals surface area contributed by atoms with Crippen molar-refractivity contribution in [3.63, 3.8) is 0 Å². The second-order valence-corrected chi connectivity index (χ2v) is 7.53. The third-order valence-corrected chi connectivity index (χ3v) is 4.48. The van der Waals surface area contributed by atoms with E-state index < -0.39 is 18.6 Å². The quantitative estimate of drug-likeness (QED) is 0.580. The second kappa shape index (κ2) is 7.88. The van der Waals surface area contributed by atoms with Crippen molar-refractivity contribution in [2.24, 2.45) is 0 Å². The molecule has 0 unspecified atom stereocenters. The molecule has 3 aromatic rings. The van der Waals surface area contributed by atoms with Crippen molar-refractivity contribution >= 4 is 16.9 Å². The highest BCUT2D eigenvalue weighted by molar-refractivity contribution is 6.05. The summed E-state index contributed by atoms with van der Waals surface area (Å²) in [5, 5.41) is 4.72. The zero-order valence-electron chi connectivity index (χ0n) is 16.7. The number of furan rings is 1. The topological polar surface area (TPSA) is 64.2 Å². The summed E-state index contributed by atoms with van der Waals surface area (Å²) in [6, 6.07) is 4.65. The number of pyridine rings is 1. The number of aromatic nitrogens is 3. The van der Waals surface area contributed by atoms with E-state index in [0.717, 1.165) is 4.90 Å². The molecule has 0 fully saturated rings. The minimum absolute atomic E-state index is 0.0115. The highest BCUT2D eigenvalue weighted by atomic mass is 19.4. The molecule has 0 atom stereocenters. The van der Waals surface area contributed by atoms with Gasteiger partial charge in [0.25, 0.3) is 5.91 Å². The number of nitrogens with zero attached hydrogens (tertiary/aromatic N) is 4. The van der Waals surface area contributed by atoms with Crippen LogP contribution in [0.1, 0.15) is 61.5 Å². The molecular weight excluding hydrogens is 385 g/mol. The van der Waals surface area contributed by atoms with Crippen LogP contribution in [0.4, 0.5) is 13.2 Å². The van der Waals surface area contributed by atoms with Gasteiger partial charge in [-0.3, -0.25) is 4.79 Å². The van der Waals surface area contributed by atoms with E-state index in [1.807, 2.05) is 27.7 Å². The monoisotopic (exact) mass is 408 g/mol. The molecular formula is C20H23F3N4O2. The highest BCUT2D eigenvalue weighted by Gasteiger charge is 2.35. The van der Waals surface area contributed by atoms with Crippen molar-refractivity contribution in [3.05, 3.63) is 47.7 Å². The van der Waals surface area contributed by atoms with Crippen molar-refractivity contribution in [3.8, 4) is 0 Å². The van der Waals surface area contributed by atoms with Gasteiger partial charge in [0.15, 0.2) is 5.65 Å². The molecule has 29 heavy (non-hydrogen) atoms. The lowest BCUT2D eigenvalue weighted by atomic mass is 10.0. The first-order valence-corrected chi connectivity index (χ1v) is 9.33. The van der Waals surface area contributed by atoms with E-state index >= 15 is 0 Å². The van der Waals surface area contributed by atoms with E-state index in [1.54, 1.807) is 16.8 Å². The number of rotatable bonds is 6. The molecule has 0 spiro atoms. The maximum absolute atomic E-state index is 13.2. The SMILES string of the molecule is CC(C)c1cc(C(=O)N(Cc2ccco2)CC(F)(F)F)c2cnn(C(C)C)c2n1. The Morgan fingerprint density at radius 1 is 1.28 bits per heavy atom. The van der Waals surface area contributed by atoms with Crippen LogP contribution in [0.15, 0.2) is 35.1 Å². The van der Waals surface area contributed by atoms with Gasteiger partial charge in [-0.2, -0.15) is 18.3 Å². The van der Waals surface area contributed by atoms with Gasteiger partial charge < -0.3 is 9.32 Å². The second-order valence-electron chi connectivity index (χ2n) is 7.53. The van der Waals surface area contributed by atoms with E-state index in [9.17, 15) is 18.0 Å². The average molecular weight is 408 g/mol. The smallest absolute Gasteiger partial charge is 0.406 e. The summed E-state index contributed by atoms with van der Waals surface area (Å²) < 4.78 is 46.4. The van der Waals surface area contributed by atoms with Crippen LogP contribution in [0.2, 0.25) is 0 Å². The van der Waals surface area contributed by atoms with Crippen LogP contribution in [0.3, 0.4) is 0 Å². The Bertz CT molecular complexity index is 991. The summed E-state index contributed by atoms with van der Waals surface area (Å²) in [6.45, 7) is 5.99. The van der Waals surface area contributed by atoms with Crippen LogP contribution in [-0.2, 0) is 6.54 Å². The molecule has 0 aliphatic heterocycles. The number of carbonyl (C=O) groups excluding carboxylic acids is 1. The Balaban J connectivity index is 2.11. The lowest BCUT2D eigenvalue weighted by molar-refractivity contribution is -0.142. The van der Waals surface area contributed by atoms with Gasteiger partial charge in [-0.1, -0.05) is 13.8 Å². The van der Waals surface area contributed by atoms with E-state index in [4.69, 9.17) is 4.42 Å². The molecule has 0 saturated heterocycles.